The van der Waals surface area contributed by atoms with Gasteiger partial charge in [0.2, 0.25) is 11.5 Å². The number of hydrogen-bond donors (Lipinski definition) is 1. The van der Waals surface area contributed by atoms with Crippen molar-refractivity contribution in [1.29, 1.82) is 0 Å². The molecule has 24 heavy (non-hydrogen) atoms. The van der Waals surface area contributed by atoms with Crippen LogP contribution in [0.4, 0.5) is 0 Å². The molecule has 0 radical (unpaired) electrons. The Balaban J connectivity index is 1.92. The SMILES string of the molecule is C=CCCOc1nc(-c2nc(C(C)NCC)co2)cn2ccnc12. The molecule has 0 saturated heterocycles. The minimum absolute atomic E-state index is 0.118. The molecule has 0 aliphatic heterocycles. The highest BCUT2D eigenvalue weighted by atomic mass is 16.5. The first-order valence-corrected chi connectivity index (χ1v) is 7.99. The van der Waals surface area contributed by atoms with Gasteiger partial charge < -0.3 is 18.9 Å². The van der Waals surface area contributed by atoms with Crippen molar-refractivity contribution in [3.8, 4) is 17.5 Å². The van der Waals surface area contributed by atoms with Crippen LogP contribution in [0.1, 0.15) is 32.0 Å². The van der Waals surface area contributed by atoms with Crippen LogP contribution in [0.15, 0.2) is 41.9 Å². The van der Waals surface area contributed by atoms with Gasteiger partial charge in [0.1, 0.15) is 12.0 Å². The fourth-order valence-corrected chi connectivity index (χ4v) is 2.36. The molecule has 0 aromatic carbocycles. The molecular weight excluding hydrogens is 306 g/mol. The fourth-order valence-electron chi connectivity index (χ4n) is 2.36. The molecule has 126 valence electrons. The van der Waals surface area contributed by atoms with E-state index in [9.17, 15) is 0 Å². The summed E-state index contributed by atoms with van der Waals surface area (Å²) in [6, 6.07) is 0.118. The van der Waals surface area contributed by atoms with Gasteiger partial charge in [0.15, 0.2) is 0 Å². The Bertz CT molecular complexity index is 823. The van der Waals surface area contributed by atoms with Crippen molar-refractivity contribution < 1.29 is 9.15 Å². The number of nitrogens with one attached hydrogen (secondary N) is 1. The number of fused-ring (bicyclic) bond motifs is 1. The number of nitrogens with zero attached hydrogens (tertiary/aromatic N) is 4. The minimum Gasteiger partial charge on any atom is -0.475 e. The maximum atomic E-state index is 5.73. The van der Waals surface area contributed by atoms with Gasteiger partial charge >= 0.3 is 0 Å². The van der Waals surface area contributed by atoms with E-state index in [4.69, 9.17) is 9.15 Å². The molecule has 0 spiro atoms. The second-order valence-electron chi connectivity index (χ2n) is 5.37. The van der Waals surface area contributed by atoms with E-state index in [1.54, 1.807) is 18.5 Å². The number of imidazole rings is 1. The van der Waals surface area contributed by atoms with Crippen LogP contribution in [0, 0.1) is 0 Å². The van der Waals surface area contributed by atoms with Crippen LogP contribution in [-0.2, 0) is 0 Å². The monoisotopic (exact) mass is 327 g/mol. The van der Waals surface area contributed by atoms with Crippen LogP contribution < -0.4 is 10.1 Å². The van der Waals surface area contributed by atoms with Gasteiger partial charge in [-0.1, -0.05) is 13.0 Å². The average molecular weight is 327 g/mol. The molecule has 0 bridgehead atoms. The first-order valence-electron chi connectivity index (χ1n) is 7.99. The number of hydrogen-bond acceptors (Lipinski definition) is 6. The summed E-state index contributed by atoms with van der Waals surface area (Å²) in [7, 11) is 0. The van der Waals surface area contributed by atoms with E-state index in [0.29, 0.717) is 29.7 Å². The molecule has 0 aliphatic rings. The molecular formula is C17H21N5O2. The summed E-state index contributed by atoms with van der Waals surface area (Å²) in [6.07, 6.45) is 9.56. The van der Waals surface area contributed by atoms with Crippen molar-refractivity contribution in [1.82, 2.24) is 24.7 Å². The predicted octanol–water partition coefficient (Wildman–Crippen LogP) is 3.01. The summed E-state index contributed by atoms with van der Waals surface area (Å²) in [5, 5.41) is 3.31. The smallest absolute Gasteiger partial charge is 0.259 e. The Labute approximate surface area is 140 Å². The zero-order valence-electron chi connectivity index (χ0n) is 13.9. The molecule has 1 unspecified atom stereocenters. The molecule has 7 heteroatoms. The predicted molar refractivity (Wildman–Crippen MR) is 90.9 cm³/mol. The van der Waals surface area contributed by atoms with Crippen molar-refractivity contribution in [3.63, 3.8) is 0 Å². The molecule has 0 aliphatic carbocycles. The normalized spacial score (nSPS) is 12.4. The highest BCUT2D eigenvalue weighted by Gasteiger charge is 2.16. The zero-order chi connectivity index (χ0) is 16.9. The highest BCUT2D eigenvalue weighted by molar-refractivity contribution is 5.56. The molecule has 3 heterocycles. The second kappa shape index (κ2) is 7.27. The van der Waals surface area contributed by atoms with Gasteiger partial charge in [-0.15, -0.1) is 6.58 Å². The van der Waals surface area contributed by atoms with Gasteiger partial charge in [0, 0.05) is 24.6 Å². The van der Waals surface area contributed by atoms with Crippen molar-refractivity contribution in [2.45, 2.75) is 26.3 Å². The number of aromatic nitrogens is 4. The van der Waals surface area contributed by atoms with Crippen LogP contribution in [0.2, 0.25) is 0 Å². The van der Waals surface area contributed by atoms with E-state index in [2.05, 4.69) is 33.8 Å². The lowest BCUT2D eigenvalue weighted by atomic mass is 10.2. The molecule has 0 saturated carbocycles. The number of oxazole rings is 1. The fraction of sp³-hybridized carbons (Fsp3) is 0.353. The Morgan fingerprint density at radius 3 is 3.12 bits per heavy atom. The van der Waals surface area contributed by atoms with E-state index in [1.165, 1.54) is 0 Å². The Morgan fingerprint density at radius 2 is 2.33 bits per heavy atom. The van der Waals surface area contributed by atoms with Crippen molar-refractivity contribution in [2.24, 2.45) is 0 Å². The molecule has 3 aromatic heterocycles. The lowest BCUT2D eigenvalue weighted by Crippen LogP contribution is -2.17. The Kier molecular flexibility index (Phi) is 4.90. The minimum atomic E-state index is 0.118. The molecule has 3 rings (SSSR count). The summed E-state index contributed by atoms with van der Waals surface area (Å²) < 4.78 is 13.2. The maximum absolute atomic E-state index is 5.73. The molecule has 7 nitrogen and oxygen atoms in total. The van der Waals surface area contributed by atoms with Gasteiger partial charge in [-0.05, 0) is 19.9 Å². The average Bonchev–Trinajstić information content (AvgIpc) is 3.24. The lowest BCUT2D eigenvalue weighted by molar-refractivity contribution is 0.314. The molecule has 3 aromatic rings. The first kappa shape index (κ1) is 16.2. The quantitative estimate of drug-likeness (QED) is 0.506. The molecule has 0 amide bonds. The topological polar surface area (TPSA) is 77.5 Å². The molecule has 0 fully saturated rings. The van der Waals surface area contributed by atoms with Crippen LogP contribution >= 0.6 is 0 Å². The Hall–Kier alpha value is -2.67. The van der Waals surface area contributed by atoms with Crippen LogP contribution in [0.5, 0.6) is 5.88 Å². The first-order chi connectivity index (χ1) is 11.7. The number of ether oxygens (including phenoxy) is 1. The highest BCUT2D eigenvalue weighted by Crippen LogP contribution is 2.24. The van der Waals surface area contributed by atoms with Gasteiger partial charge in [-0.25, -0.2) is 15.0 Å². The van der Waals surface area contributed by atoms with E-state index >= 15 is 0 Å². The van der Waals surface area contributed by atoms with Gasteiger partial charge in [-0.2, -0.15) is 0 Å². The van der Waals surface area contributed by atoms with E-state index in [-0.39, 0.29) is 6.04 Å². The summed E-state index contributed by atoms with van der Waals surface area (Å²) >= 11 is 0. The summed E-state index contributed by atoms with van der Waals surface area (Å²) in [6.45, 7) is 9.15. The standard InChI is InChI=1S/C17H21N5O2/c1-4-6-9-23-17-15-19-7-8-22(15)10-13(20-17)16-21-14(11-24-16)12(3)18-5-2/h4,7-8,10-12,18H,1,5-6,9H2,2-3H3. The van der Waals surface area contributed by atoms with E-state index in [0.717, 1.165) is 18.7 Å². The third-order valence-corrected chi connectivity index (χ3v) is 3.60. The molecule has 1 atom stereocenters. The van der Waals surface area contributed by atoms with Gasteiger partial charge in [-0.3, -0.25) is 0 Å². The lowest BCUT2D eigenvalue weighted by Gasteiger charge is -2.08. The zero-order valence-corrected chi connectivity index (χ0v) is 13.9. The van der Waals surface area contributed by atoms with Crippen molar-refractivity contribution in [3.05, 3.63) is 43.2 Å². The summed E-state index contributed by atoms with van der Waals surface area (Å²) in [4.78, 5) is 13.3. The summed E-state index contributed by atoms with van der Waals surface area (Å²) in [5.41, 5.74) is 2.10. The second-order valence-corrected chi connectivity index (χ2v) is 5.37. The van der Waals surface area contributed by atoms with E-state index in [1.807, 2.05) is 23.7 Å². The summed E-state index contributed by atoms with van der Waals surface area (Å²) in [5.74, 6) is 0.915. The number of rotatable bonds is 8. The third kappa shape index (κ3) is 3.30. The van der Waals surface area contributed by atoms with Crippen molar-refractivity contribution in [2.75, 3.05) is 13.2 Å². The van der Waals surface area contributed by atoms with E-state index < -0.39 is 0 Å². The third-order valence-electron chi connectivity index (χ3n) is 3.60. The largest absolute Gasteiger partial charge is 0.475 e. The van der Waals surface area contributed by atoms with Gasteiger partial charge in [0.05, 0.1) is 12.3 Å². The Morgan fingerprint density at radius 1 is 1.46 bits per heavy atom. The van der Waals surface area contributed by atoms with Crippen molar-refractivity contribution >= 4 is 5.65 Å². The van der Waals surface area contributed by atoms with Crippen LogP contribution in [0.25, 0.3) is 17.2 Å². The molecule has 1 N–H and O–H groups in total. The van der Waals surface area contributed by atoms with Crippen LogP contribution in [-0.4, -0.2) is 32.5 Å². The maximum Gasteiger partial charge on any atom is 0.259 e. The van der Waals surface area contributed by atoms with Crippen LogP contribution in [0.3, 0.4) is 0 Å². The van der Waals surface area contributed by atoms with Gasteiger partial charge in [0.25, 0.3) is 5.88 Å².